The molecule has 3 rings (SSSR count). The molecule has 2 aromatic carbocycles. The van der Waals surface area contributed by atoms with Crippen LogP contribution in [0.2, 0.25) is 0 Å². The van der Waals surface area contributed by atoms with Crippen LogP contribution >= 0.6 is 11.8 Å². The molecule has 3 aromatic rings. The van der Waals surface area contributed by atoms with Gasteiger partial charge in [-0.15, -0.1) is 10.2 Å². The second kappa shape index (κ2) is 8.73. The lowest BCUT2D eigenvalue weighted by molar-refractivity contribution is -0.113. The smallest absolute Gasteiger partial charge is 0.277 e. The zero-order chi connectivity index (χ0) is 19.2. The summed E-state index contributed by atoms with van der Waals surface area (Å²) in [6.07, 6.45) is 0.534. The molecule has 1 heterocycles. The first-order chi connectivity index (χ1) is 13.0. The molecule has 0 aliphatic heterocycles. The number of nitrogens with one attached hydrogen (secondary N) is 1. The molecule has 140 valence electrons. The Labute approximate surface area is 162 Å². The maximum Gasteiger partial charge on any atom is 0.277 e. The highest BCUT2D eigenvalue weighted by Crippen LogP contribution is 2.21. The number of aromatic nitrogens is 2. The molecule has 0 radical (unpaired) electrons. The number of thioether (sulfide) groups is 1. The Bertz CT molecular complexity index is 922. The SMILES string of the molecule is COc1ccc(Cc2nnc(SCC(=O)Nc3cccc(C)c3C)o2)cc1. The Hall–Kier alpha value is -2.80. The second-order valence-corrected chi connectivity index (χ2v) is 7.00. The van der Waals surface area contributed by atoms with Crippen molar-refractivity contribution in [3.63, 3.8) is 0 Å². The molecular weight excluding hydrogens is 362 g/mol. The fraction of sp³-hybridized carbons (Fsp3) is 0.250. The zero-order valence-corrected chi connectivity index (χ0v) is 16.3. The number of nitrogens with zero attached hydrogens (tertiary/aromatic N) is 2. The van der Waals surface area contributed by atoms with E-state index in [2.05, 4.69) is 15.5 Å². The van der Waals surface area contributed by atoms with Crippen LogP contribution in [0.5, 0.6) is 5.75 Å². The molecule has 0 saturated carbocycles. The van der Waals surface area contributed by atoms with Crippen molar-refractivity contribution in [3.05, 3.63) is 65.0 Å². The van der Waals surface area contributed by atoms with Crippen molar-refractivity contribution in [3.8, 4) is 5.75 Å². The van der Waals surface area contributed by atoms with E-state index in [1.54, 1.807) is 7.11 Å². The molecule has 0 unspecified atom stereocenters. The second-order valence-electron chi connectivity index (χ2n) is 6.07. The van der Waals surface area contributed by atoms with Gasteiger partial charge in [0.25, 0.3) is 5.22 Å². The Kier molecular flexibility index (Phi) is 6.13. The Balaban J connectivity index is 1.52. The summed E-state index contributed by atoms with van der Waals surface area (Å²) >= 11 is 1.22. The fourth-order valence-electron chi connectivity index (χ4n) is 2.49. The highest BCUT2D eigenvalue weighted by molar-refractivity contribution is 7.99. The largest absolute Gasteiger partial charge is 0.497 e. The van der Waals surface area contributed by atoms with Crippen LogP contribution in [0.15, 0.2) is 52.1 Å². The molecule has 0 fully saturated rings. The van der Waals surface area contributed by atoms with Crippen molar-refractivity contribution in [1.82, 2.24) is 10.2 Å². The van der Waals surface area contributed by atoms with Crippen LogP contribution in [0.1, 0.15) is 22.6 Å². The number of amides is 1. The third kappa shape index (κ3) is 5.10. The van der Waals surface area contributed by atoms with Gasteiger partial charge in [-0.05, 0) is 48.7 Å². The van der Waals surface area contributed by atoms with Gasteiger partial charge in [-0.3, -0.25) is 4.79 Å². The van der Waals surface area contributed by atoms with E-state index < -0.39 is 0 Å². The molecule has 0 atom stereocenters. The van der Waals surface area contributed by atoms with Crippen LogP contribution < -0.4 is 10.1 Å². The quantitative estimate of drug-likeness (QED) is 0.621. The number of hydrogen-bond acceptors (Lipinski definition) is 6. The average Bonchev–Trinajstić information content (AvgIpc) is 3.12. The fourth-order valence-corrected chi connectivity index (χ4v) is 3.07. The van der Waals surface area contributed by atoms with Crippen molar-refractivity contribution in [2.45, 2.75) is 25.5 Å². The molecule has 0 spiro atoms. The minimum absolute atomic E-state index is 0.108. The van der Waals surface area contributed by atoms with Crippen LogP contribution in [-0.4, -0.2) is 29.0 Å². The van der Waals surface area contributed by atoms with Crippen LogP contribution in [0.25, 0.3) is 0 Å². The Morgan fingerprint density at radius 1 is 1.15 bits per heavy atom. The minimum Gasteiger partial charge on any atom is -0.497 e. The Morgan fingerprint density at radius 3 is 2.67 bits per heavy atom. The van der Waals surface area contributed by atoms with Crippen molar-refractivity contribution >= 4 is 23.4 Å². The molecule has 1 N–H and O–H groups in total. The number of carbonyl (C=O) groups excluding carboxylic acids is 1. The van der Waals surface area contributed by atoms with E-state index in [-0.39, 0.29) is 11.7 Å². The van der Waals surface area contributed by atoms with Gasteiger partial charge in [0.05, 0.1) is 19.3 Å². The third-order valence-electron chi connectivity index (χ3n) is 4.17. The van der Waals surface area contributed by atoms with Gasteiger partial charge in [-0.1, -0.05) is 36.0 Å². The van der Waals surface area contributed by atoms with E-state index in [1.165, 1.54) is 11.8 Å². The van der Waals surface area contributed by atoms with Crippen LogP contribution in [-0.2, 0) is 11.2 Å². The molecular formula is C20H21N3O3S. The third-order valence-corrected chi connectivity index (χ3v) is 4.99. The van der Waals surface area contributed by atoms with Gasteiger partial charge in [-0.2, -0.15) is 0 Å². The van der Waals surface area contributed by atoms with E-state index in [0.717, 1.165) is 28.1 Å². The number of hydrogen-bond donors (Lipinski definition) is 1. The van der Waals surface area contributed by atoms with Gasteiger partial charge in [0.15, 0.2) is 0 Å². The number of ether oxygens (including phenoxy) is 1. The summed E-state index contributed by atoms with van der Waals surface area (Å²) in [5.41, 5.74) is 4.07. The molecule has 7 heteroatoms. The summed E-state index contributed by atoms with van der Waals surface area (Å²) in [6, 6.07) is 13.5. The predicted octanol–water partition coefficient (Wildman–Crippen LogP) is 4.02. The molecule has 1 amide bonds. The van der Waals surface area contributed by atoms with Gasteiger partial charge >= 0.3 is 0 Å². The standard InChI is InChI=1S/C20H21N3O3S/c1-13-5-4-6-17(14(13)2)21-18(24)12-27-20-23-22-19(26-20)11-15-7-9-16(25-3)10-8-15/h4-10H,11-12H2,1-3H3,(H,21,24). The summed E-state index contributed by atoms with van der Waals surface area (Å²) < 4.78 is 10.8. The Morgan fingerprint density at radius 2 is 1.93 bits per heavy atom. The van der Waals surface area contributed by atoms with Crippen LogP contribution in [0.4, 0.5) is 5.69 Å². The highest BCUT2D eigenvalue weighted by Gasteiger charge is 2.11. The lowest BCUT2D eigenvalue weighted by atomic mass is 10.1. The van der Waals surface area contributed by atoms with E-state index in [1.807, 2.05) is 56.3 Å². The molecule has 6 nitrogen and oxygen atoms in total. The first-order valence-corrected chi connectivity index (χ1v) is 9.48. The van der Waals surface area contributed by atoms with Gasteiger partial charge < -0.3 is 14.5 Å². The van der Waals surface area contributed by atoms with Crippen molar-refractivity contribution in [2.24, 2.45) is 0 Å². The van der Waals surface area contributed by atoms with E-state index in [0.29, 0.717) is 17.5 Å². The lowest BCUT2D eigenvalue weighted by Crippen LogP contribution is -2.15. The average molecular weight is 383 g/mol. The molecule has 1 aromatic heterocycles. The van der Waals surface area contributed by atoms with Crippen LogP contribution in [0.3, 0.4) is 0 Å². The first kappa shape index (κ1) is 19.0. The van der Waals surface area contributed by atoms with E-state index in [9.17, 15) is 4.79 Å². The number of aryl methyl sites for hydroxylation is 1. The van der Waals surface area contributed by atoms with Gasteiger partial charge in [-0.25, -0.2) is 0 Å². The number of carbonyl (C=O) groups is 1. The first-order valence-electron chi connectivity index (χ1n) is 8.49. The topological polar surface area (TPSA) is 77.2 Å². The number of benzene rings is 2. The van der Waals surface area contributed by atoms with Crippen molar-refractivity contribution in [1.29, 1.82) is 0 Å². The van der Waals surface area contributed by atoms with Gasteiger partial charge in [0.1, 0.15) is 5.75 Å². The summed E-state index contributed by atoms with van der Waals surface area (Å²) in [4.78, 5) is 12.2. The maximum absolute atomic E-state index is 12.2. The van der Waals surface area contributed by atoms with Gasteiger partial charge in [0.2, 0.25) is 11.8 Å². The molecule has 0 aliphatic carbocycles. The van der Waals surface area contributed by atoms with Crippen molar-refractivity contribution in [2.75, 3.05) is 18.2 Å². The number of methoxy groups -OCH3 is 1. The van der Waals surface area contributed by atoms with E-state index >= 15 is 0 Å². The summed E-state index contributed by atoms with van der Waals surface area (Å²) in [5, 5.41) is 11.3. The molecule has 0 bridgehead atoms. The molecule has 27 heavy (non-hydrogen) atoms. The van der Waals surface area contributed by atoms with Crippen LogP contribution in [0, 0.1) is 13.8 Å². The summed E-state index contributed by atoms with van der Waals surface area (Å²) in [5.74, 6) is 1.41. The van der Waals surface area contributed by atoms with Gasteiger partial charge in [0, 0.05) is 5.69 Å². The number of rotatable bonds is 7. The number of anilines is 1. The summed E-state index contributed by atoms with van der Waals surface area (Å²) in [7, 11) is 1.63. The zero-order valence-electron chi connectivity index (χ0n) is 15.5. The van der Waals surface area contributed by atoms with E-state index in [4.69, 9.17) is 9.15 Å². The summed E-state index contributed by atoms with van der Waals surface area (Å²) in [6.45, 7) is 4.00. The maximum atomic E-state index is 12.2. The molecule has 0 saturated heterocycles. The predicted molar refractivity (Wildman–Crippen MR) is 105 cm³/mol. The normalized spacial score (nSPS) is 10.6. The minimum atomic E-state index is -0.108. The molecule has 0 aliphatic rings. The lowest BCUT2D eigenvalue weighted by Gasteiger charge is -2.09. The van der Waals surface area contributed by atoms with Crippen molar-refractivity contribution < 1.29 is 13.9 Å². The highest BCUT2D eigenvalue weighted by atomic mass is 32.2. The monoisotopic (exact) mass is 383 g/mol.